The molecule has 1 nitrogen and oxygen atoms in total. The van der Waals surface area contributed by atoms with E-state index in [1.165, 1.54) is 17.8 Å². The van der Waals surface area contributed by atoms with Crippen molar-refractivity contribution in [2.24, 2.45) is 5.92 Å². The molecule has 0 spiro atoms. The number of nitrogens with zero attached hydrogens (tertiary/aromatic N) is 1. The van der Waals surface area contributed by atoms with E-state index in [9.17, 15) is 4.39 Å². The largest absolute Gasteiger partial charge is 0.254 e. The van der Waals surface area contributed by atoms with Gasteiger partial charge in [0, 0.05) is 0 Å². The Morgan fingerprint density at radius 3 is 2.85 bits per heavy atom. The molecule has 2 rings (SSSR count). The van der Waals surface area contributed by atoms with Crippen molar-refractivity contribution in [3.63, 3.8) is 0 Å². The fraction of sp³-hybridized carbons (Fsp3) is 0.364. The Bertz CT molecular complexity index is 326. The molecule has 1 atom stereocenters. The van der Waals surface area contributed by atoms with Gasteiger partial charge >= 0.3 is 0 Å². The van der Waals surface area contributed by atoms with E-state index in [0.717, 1.165) is 18.5 Å². The fourth-order valence-corrected chi connectivity index (χ4v) is 1.66. The van der Waals surface area contributed by atoms with Crippen LogP contribution >= 0.6 is 0 Å². The molecule has 0 saturated heterocycles. The third-order valence-electron chi connectivity index (χ3n) is 2.39. The highest BCUT2D eigenvalue weighted by Gasteiger charge is 2.14. The first-order valence-corrected chi connectivity index (χ1v) is 4.56. The average Bonchev–Trinajstić information content (AvgIpc) is 2.53. The number of pyridine rings is 1. The smallest absolute Gasteiger partial charge is 0.141 e. The van der Waals surface area contributed by atoms with Gasteiger partial charge in [0.25, 0.3) is 0 Å². The van der Waals surface area contributed by atoms with Crippen molar-refractivity contribution in [1.82, 2.24) is 4.98 Å². The average molecular weight is 177 g/mol. The molecule has 1 aromatic heterocycles. The van der Waals surface area contributed by atoms with Crippen molar-refractivity contribution in [1.29, 1.82) is 0 Å². The molecule has 0 saturated carbocycles. The summed E-state index contributed by atoms with van der Waals surface area (Å²) >= 11 is 0. The number of aromatic nitrogens is 1. The molecule has 0 radical (unpaired) electrons. The molecule has 0 amide bonds. The van der Waals surface area contributed by atoms with Crippen LogP contribution in [0, 0.1) is 11.7 Å². The fourth-order valence-electron chi connectivity index (χ4n) is 1.66. The van der Waals surface area contributed by atoms with Crippen molar-refractivity contribution in [3.05, 3.63) is 35.9 Å². The normalized spacial score (nSPS) is 21.7. The van der Waals surface area contributed by atoms with Gasteiger partial charge in [0.05, 0.1) is 11.9 Å². The molecule has 1 aromatic rings. The molecular formula is C11H12FN. The van der Waals surface area contributed by atoms with E-state index in [0.29, 0.717) is 5.92 Å². The van der Waals surface area contributed by atoms with Gasteiger partial charge < -0.3 is 0 Å². The Balaban J connectivity index is 2.22. The van der Waals surface area contributed by atoms with Gasteiger partial charge in [-0.1, -0.05) is 13.0 Å². The van der Waals surface area contributed by atoms with Crippen LogP contribution in [-0.2, 0) is 0 Å². The van der Waals surface area contributed by atoms with Crippen LogP contribution in [0.3, 0.4) is 0 Å². The van der Waals surface area contributed by atoms with Gasteiger partial charge in [0.15, 0.2) is 0 Å². The molecule has 1 heterocycles. The van der Waals surface area contributed by atoms with Gasteiger partial charge in [-0.25, -0.2) is 4.39 Å². The first-order valence-electron chi connectivity index (χ1n) is 4.56. The lowest BCUT2D eigenvalue weighted by molar-refractivity contribution is 0.620. The van der Waals surface area contributed by atoms with Crippen molar-refractivity contribution in [2.75, 3.05) is 0 Å². The van der Waals surface area contributed by atoms with E-state index >= 15 is 0 Å². The summed E-state index contributed by atoms with van der Waals surface area (Å²) in [4.78, 5) is 4.05. The first kappa shape index (κ1) is 8.42. The van der Waals surface area contributed by atoms with Crippen LogP contribution in [0.15, 0.2) is 24.4 Å². The van der Waals surface area contributed by atoms with Crippen LogP contribution in [0.5, 0.6) is 0 Å². The van der Waals surface area contributed by atoms with Crippen LogP contribution in [0.25, 0.3) is 5.57 Å². The zero-order valence-corrected chi connectivity index (χ0v) is 7.63. The molecule has 0 fully saturated rings. The van der Waals surface area contributed by atoms with E-state index < -0.39 is 0 Å². The van der Waals surface area contributed by atoms with Crippen LogP contribution in [0.2, 0.25) is 0 Å². The molecule has 0 aliphatic heterocycles. The maximum atomic E-state index is 12.6. The first-order chi connectivity index (χ1) is 6.25. The van der Waals surface area contributed by atoms with Crippen molar-refractivity contribution < 1.29 is 4.39 Å². The predicted molar refractivity (Wildman–Crippen MR) is 50.6 cm³/mol. The highest BCUT2D eigenvalue weighted by atomic mass is 19.1. The maximum Gasteiger partial charge on any atom is 0.141 e. The summed E-state index contributed by atoms with van der Waals surface area (Å²) < 4.78 is 12.6. The number of allylic oxidation sites excluding steroid dienone is 2. The Morgan fingerprint density at radius 1 is 1.46 bits per heavy atom. The Kier molecular flexibility index (Phi) is 2.13. The Morgan fingerprint density at radius 2 is 2.31 bits per heavy atom. The van der Waals surface area contributed by atoms with Gasteiger partial charge in [0.1, 0.15) is 5.82 Å². The van der Waals surface area contributed by atoms with Crippen molar-refractivity contribution >= 4 is 5.57 Å². The molecule has 2 heteroatoms. The second kappa shape index (κ2) is 3.29. The second-order valence-electron chi connectivity index (χ2n) is 3.64. The molecule has 0 N–H and O–H groups in total. The molecule has 68 valence electrons. The van der Waals surface area contributed by atoms with Crippen molar-refractivity contribution in [2.45, 2.75) is 19.8 Å². The third-order valence-corrected chi connectivity index (χ3v) is 2.39. The van der Waals surface area contributed by atoms with Crippen LogP contribution in [0.4, 0.5) is 4.39 Å². The summed E-state index contributed by atoms with van der Waals surface area (Å²) in [5.41, 5.74) is 2.18. The lowest BCUT2D eigenvalue weighted by Gasteiger charge is -2.02. The van der Waals surface area contributed by atoms with Crippen molar-refractivity contribution in [3.8, 4) is 0 Å². The standard InChI is InChI=1S/C11H12FN/c1-8-2-3-9(6-8)11-5-4-10(12)7-13-11/h3-5,7-8H,2,6H2,1H3. The van der Waals surface area contributed by atoms with Gasteiger partial charge in [-0.15, -0.1) is 0 Å². The molecule has 1 aliphatic carbocycles. The lowest BCUT2D eigenvalue weighted by atomic mass is 10.1. The monoisotopic (exact) mass is 177 g/mol. The summed E-state index contributed by atoms with van der Waals surface area (Å²) in [7, 11) is 0. The Hall–Kier alpha value is -1.18. The van der Waals surface area contributed by atoms with Crippen LogP contribution in [0.1, 0.15) is 25.5 Å². The number of halogens is 1. The van der Waals surface area contributed by atoms with E-state index in [1.54, 1.807) is 6.07 Å². The summed E-state index contributed by atoms with van der Waals surface area (Å²) in [6, 6.07) is 3.21. The third kappa shape index (κ3) is 1.77. The molecule has 0 bridgehead atoms. The lowest BCUT2D eigenvalue weighted by Crippen LogP contribution is -1.90. The maximum absolute atomic E-state index is 12.6. The number of rotatable bonds is 1. The van der Waals surface area contributed by atoms with Gasteiger partial charge in [-0.05, 0) is 36.5 Å². The van der Waals surface area contributed by atoms with Gasteiger partial charge in [-0.2, -0.15) is 0 Å². The highest BCUT2D eigenvalue weighted by molar-refractivity contribution is 5.64. The SMILES string of the molecule is CC1CC=C(c2ccc(F)cn2)C1. The van der Waals surface area contributed by atoms with Crippen LogP contribution in [-0.4, -0.2) is 4.98 Å². The quantitative estimate of drug-likeness (QED) is 0.642. The molecule has 13 heavy (non-hydrogen) atoms. The molecule has 1 unspecified atom stereocenters. The van der Waals surface area contributed by atoms with E-state index in [1.807, 2.05) is 0 Å². The molecule has 0 aromatic carbocycles. The summed E-state index contributed by atoms with van der Waals surface area (Å²) in [6.45, 7) is 2.22. The van der Waals surface area contributed by atoms with E-state index in [-0.39, 0.29) is 5.82 Å². The minimum absolute atomic E-state index is 0.268. The van der Waals surface area contributed by atoms with Crippen LogP contribution < -0.4 is 0 Å². The van der Waals surface area contributed by atoms with Gasteiger partial charge in [-0.3, -0.25) is 4.98 Å². The number of hydrogen-bond acceptors (Lipinski definition) is 1. The van der Waals surface area contributed by atoms with E-state index in [4.69, 9.17) is 0 Å². The van der Waals surface area contributed by atoms with Gasteiger partial charge in [0.2, 0.25) is 0 Å². The summed E-state index contributed by atoms with van der Waals surface area (Å²) in [5, 5.41) is 0. The summed E-state index contributed by atoms with van der Waals surface area (Å²) in [5.74, 6) is 0.442. The number of hydrogen-bond donors (Lipinski definition) is 0. The topological polar surface area (TPSA) is 12.9 Å². The van der Waals surface area contributed by atoms with E-state index in [2.05, 4.69) is 18.0 Å². The minimum atomic E-state index is -0.268. The second-order valence-corrected chi connectivity index (χ2v) is 3.64. The Labute approximate surface area is 77.3 Å². The predicted octanol–water partition coefficient (Wildman–Crippen LogP) is 3.03. The zero-order chi connectivity index (χ0) is 9.26. The minimum Gasteiger partial charge on any atom is -0.254 e. The molecular weight excluding hydrogens is 165 g/mol. The zero-order valence-electron chi connectivity index (χ0n) is 7.63. The highest BCUT2D eigenvalue weighted by Crippen LogP contribution is 2.30. The molecule has 1 aliphatic rings. The summed E-state index contributed by atoms with van der Waals surface area (Å²) in [6.07, 6.45) is 5.66.